The summed E-state index contributed by atoms with van der Waals surface area (Å²) in [6.45, 7) is 3.75. The first-order valence-corrected chi connectivity index (χ1v) is 11.7. The zero-order valence-electron chi connectivity index (χ0n) is 17.4. The van der Waals surface area contributed by atoms with Gasteiger partial charge in [-0.3, -0.25) is 4.90 Å². The van der Waals surface area contributed by atoms with Gasteiger partial charge in [0.2, 0.25) is 0 Å². The number of ether oxygens (including phenoxy) is 1. The molecule has 6 heteroatoms. The molecule has 3 heterocycles. The minimum atomic E-state index is 0.461. The molecule has 0 radical (unpaired) electrons. The third-order valence-electron chi connectivity index (χ3n) is 6.24. The second-order valence-electron chi connectivity index (χ2n) is 8.14. The maximum Gasteiger partial charge on any atom is 0.138 e. The summed E-state index contributed by atoms with van der Waals surface area (Å²) < 4.78 is 6.69. The van der Waals surface area contributed by atoms with Crippen molar-refractivity contribution < 1.29 is 4.74 Å². The van der Waals surface area contributed by atoms with Crippen molar-refractivity contribution in [3.8, 4) is 0 Å². The lowest BCUT2D eigenvalue weighted by Crippen LogP contribution is -2.53. The molecule has 0 bridgehead atoms. The fraction of sp³-hybridized carbons (Fsp3) is 0.375. The van der Waals surface area contributed by atoms with Crippen LogP contribution in [0, 0.1) is 0 Å². The van der Waals surface area contributed by atoms with Gasteiger partial charge in [0.15, 0.2) is 0 Å². The lowest BCUT2D eigenvalue weighted by atomic mass is 10.0. The van der Waals surface area contributed by atoms with E-state index in [0.717, 1.165) is 55.6 Å². The average Bonchev–Trinajstić information content (AvgIpc) is 3.02. The van der Waals surface area contributed by atoms with Crippen LogP contribution in [-0.4, -0.2) is 62.1 Å². The van der Waals surface area contributed by atoms with E-state index in [9.17, 15) is 0 Å². The SMILES string of the molecule is COCC[C@H]1CN(C2=Nc3ccc(Cl)cc3Cc3sc4ccccc4c32)CCN1C. The average molecular weight is 440 g/mol. The minimum absolute atomic E-state index is 0.461. The molecule has 0 spiro atoms. The molecule has 1 fully saturated rings. The zero-order valence-corrected chi connectivity index (χ0v) is 19.0. The van der Waals surface area contributed by atoms with Gasteiger partial charge in [-0.25, -0.2) is 4.99 Å². The van der Waals surface area contributed by atoms with E-state index < -0.39 is 0 Å². The summed E-state index contributed by atoms with van der Waals surface area (Å²) in [4.78, 5) is 11.6. The molecule has 4 nitrogen and oxygen atoms in total. The van der Waals surface area contributed by atoms with Crippen LogP contribution in [0.1, 0.15) is 22.4 Å². The van der Waals surface area contributed by atoms with Gasteiger partial charge < -0.3 is 9.64 Å². The Kier molecular flexibility index (Phi) is 5.54. The summed E-state index contributed by atoms with van der Waals surface area (Å²) in [7, 11) is 4.00. The normalized spacial score (nSPS) is 19.4. The monoisotopic (exact) mass is 439 g/mol. The molecule has 1 aromatic heterocycles. The van der Waals surface area contributed by atoms with Crippen molar-refractivity contribution in [2.45, 2.75) is 18.9 Å². The molecule has 156 valence electrons. The molecular formula is C24H26ClN3OS. The number of thiophene rings is 1. The maximum atomic E-state index is 6.33. The molecule has 3 aromatic rings. The van der Waals surface area contributed by atoms with Crippen LogP contribution in [0.3, 0.4) is 0 Å². The molecule has 0 aliphatic carbocycles. The Bertz CT molecular complexity index is 1110. The van der Waals surface area contributed by atoms with Gasteiger partial charge in [0, 0.05) is 71.4 Å². The number of rotatable bonds is 3. The summed E-state index contributed by atoms with van der Waals surface area (Å²) in [5.74, 6) is 1.11. The van der Waals surface area contributed by atoms with Gasteiger partial charge in [0.1, 0.15) is 5.84 Å². The van der Waals surface area contributed by atoms with Crippen LogP contribution in [0.4, 0.5) is 5.69 Å². The Morgan fingerprint density at radius 2 is 2.07 bits per heavy atom. The molecule has 1 atom stereocenters. The molecule has 0 N–H and O–H groups in total. The number of amidine groups is 1. The number of benzene rings is 2. The Hall–Kier alpha value is -1.92. The Morgan fingerprint density at radius 3 is 2.93 bits per heavy atom. The first kappa shape index (κ1) is 20.0. The number of methoxy groups -OCH3 is 1. The molecule has 0 saturated carbocycles. The third kappa shape index (κ3) is 3.65. The second-order valence-corrected chi connectivity index (χ2v) is 9.72. The first-order chi connectivity index (χ1) is 14.6. The van der Waals surface area contributed by atoms with Gasteiger partial charge in [0.05, 0.1) is 5.69 Å². The van der Waals surface area contributed by atoms with E-state index in [4.69, 9.17) is 21.3 Å². The predicted octanol–water partition coefficient (Wildman–Crippen LogP) is 5.19. The molecular weight excluding hydrogens is 414 g/mol. The fourth-order valence-electron chi connectivity index (χ4n) is 4.55. The quantitative estimate of drug-likeness (QED) is 0.562. The van der Waals surface area contributed by atoms with Gasteiger partial charge in [-0.05, 0) is 43.3 Å². The van der Waals surface area contributed by atoms with Crippen LogP contribution in [0.15, 0.2) is 47.5 Å². The molecule has 2 aliphatic rings. The first-order valence-electron chi connectivity index (χ1n) is 10.5. The lowest BCUT2D eigenvalue weighted by Gasteiger charge is -2.41. The van der Waals surface area contributed by atoms with Crippen molar-refractivity contribution >= 4 is 44.5 Å². The van der Waals surface area contributed by atoms with Crippen molar-refractivity contribution in [3.05, 3.63) is 63.5 Å². The highest BCUT2D eigenvalue weighted by Crippen LogP contribution is 2.39. The van der Waals surface area contributed by atoms with E-state index in [1.807, 2.05) is 17.4 Å². The number of hydrogen-bond donors (Lipinski definition) is 0. The van der Waals surface area contributed by atoms with E-state index in [1.54, 1.807) is 7.11 Å². The highest BCUT2D eigenvalue weighted by Gasteiger charge is 2.31. The maximum absolute atomic E-state index is 6.33. The summed E-state index contributed by atoms with van der Waals surface area (Å²) in [5, 5.41) is 2.08. The van der Waals surface area contributed by atoms with Crippen LogP contribution in [0.25, 0.3) is 10.1 Å². The molecule has 0 unspecified atom stereocenters. The third-order valence-corrected chi connectivity index (χ3v) is 7.65. The van der Waals surface area contributed by atoms with Gasteiger partial charge in [-0.2, -0.15) is 0 Å². The van der Waals surface area contributed by atoms with Crippen molar-refractivity contribution in [1.82, 2.24) is 9.80 Å². The number of fused-ring (bicyclic) bond motifs is 4. The second kappa shape index (κ2) is 8.31. The molecule has 2 aromatic carbocycles. The van der Waals surface area contributed by atoms with Gasteiger partial charge in [-0.1, -0.05) is 29.8 Å². The van der Waals surface area contributed by atoms with Crippen molar-refractivity contribution in [1.29, 1.82) is 0 Å². The predicted molar refractivity (Wildman–Crippen MR) is 127 cm³/mol. The van der Waals surface area contributed by atoms with E-state index >= 15 is 0 Å². The standard InChI is InChI=1S/C24H26ClN3OS/c1-27-10-11-28(15-18(27)9-12-29-2)24-23-19-5-3-4-6-21(19)30-22(23)14-16-13-17(25)7-8-20(16)26-24/h3-8,13,18H,9-12,14-15H2,1-2H3/t18-/m0/s1. The van der Waals surface area contributed by atoms with E-state index in [-0.39, 0.29) is 0 Å². The van der Waals surface area contributed by atoms with E-state index in [2.05, 4.69) is 53.2 Å². The largest absolute Gasteiger partial charge is 0.385 e. The lowest BCUT2D eigenvalue weighted by molar-refractivity contribution is 0.100. The molecule has 30 heavy (non-hydrogen) atoms. The zero-order chi connectivity index (χ0) is 20.7. The Labute approximate surface area is 186 Å². The summed E-state index contributed by atoms with van der Waals surface area (Å²) >= 11 is 8.22. The number of nitrogens with zero attached hydrogens (tertiary/aromatic N) is 3. The van der Waals surface area contributed by atoms with Gasteiger partial charge in [-0.15, -0.1) is 11.3 Å². The highest BCUT2D eigenvalue weighted by atomic mass is 35.5. The number of likely N-dealkylation sites (N-methyl/N-ethyl adjacent to an activating group) is 1. The molecule has 5 rings (SSSR count). The van der Waals surface area contributed by atoms with Crippen molar-refractivity contribution in [3.63, 3.8) is 0 Å². The number of halogens is 1. The van der Waals surface area contributed by atoms with Crippen LogP contribution < -0.4 is 0 Å². The molecule has 1 saturated heterocycles. The number of piperazine rings is 1. The highest BCUT2D eigenvalue weighted by molar-refractivity contribution is 7.19. The summed E-state index contributed by atoms with van der Waals surface area (Å²) in [6, 6.07) is 15.3. The number of aliphatic imine (C=N–C) groups is 1. The van der Waals surface area contributed by atoms with Gasteiger partial charge in [0.25, 0.3) is 0 Å². The topological polar surface area (TPSA) is 28.1 Å². The van der Waals surface area contributed by atoms with Crippen LogP contribution in [0.5, 0.6) is 0 Å². The van der Waals surface area contributed by atoms with Crippen molar-refractivity contribution in [2.75, 3.05) is 40.4 Å². The smallest absolute Gasteiger partial charge is 0.138 e. The van der Waals surface area contributed by atoms with E-state index in [1.165, 1.54) is 26.1 Å². The molecule has 0 amide bonds. The number of hydrogen-bond acceptors (Lipinski definition) is 5. The fourth-order valence-corrected chi connectivity index (χ4v) is 5.96. The van der Waals surface area contributed by atoms with Crippen LogP contribution in [-0.2, 0) is 11.2 Å². The van der Waals surface area contributed by atoms with Crippen LogP contribution >= 0.6 is 22.9 Å². The van der Waals surface area contributed by atoms with Crippen LogP contribution in [0.2, 0.25) is 5.02 Å². The molecule has 2 aliphatic heterocycles. The summed E-state index contributed by atoms with van der Waals surface area (Å²) in [5.41, 5.74) is 3.54. The van der Waals surface area contributed by atoms with Crippen molar-refractivity contribution in [2.24, 2.45) is 4.99 Å². The Morgan fingerprint density at radius 1 is 1.20 bits per heavy atom. The Balaban J connectivity index is 1.62. The summed E-state index contributed by atoms with van der Waals surface area (Å²) in [6.07, 6.45) is 1.90. The van der Waals surface area contributed by atoms with Gasteiger partial charge >= 0.3 is 0 Å². The van der Waals surface area contributed by atoms with E-state index in [0.29, 0.717) is 6.04 Å². The minimum Gasteiger partial charge on any atom is -0.385 e.